The number of nitrogens with one attached hydrogen (secondary N) is 1. The fourth-order valence-corrected chi connectivity index (χ4v) is 4.72. The van der Waals surface area contributed by atoms with Gasteiger partial charge in [-0.25, -0.2) is 18.1 Å². The van der Waals surface area contributed by atoms with Crippen LogP contribution in [0.1, 0.15) is 16.8 Å². The topological polar surface area (TPSA) is 68.3 Å². The molecule has 3 rings (SSSR count). The number of hydrogen-bond acceptors (Lipinski definition) is 5. The van der Waals surface area contributed by atoms with Gasteiger partial charge in [-0.05, 0) is 43.7 Å². The Morgan fingerprint density at radius 3 is 2.67 bits per heavy atom. The van der Waals surface area contributed by atoms with Gasteiger partial charge in [-0.15, -0.1) is 11.3 Å². The van der Waals surface area contributed by atoms with E-state index in [1.165, 1.54) is 5.56 Å². The number of benzene rings is 2. The maximum Gasteiger partial charge on any atom is 0.240 e. The van der Waals surface area contributed by atoms with Crippen molar-refractivity contribution < 1.29 is 13.2 Å². The molecule has 0 radical (unpaired) electrons. The van der Waals surface area contributed by atoms with Gasteiger partial charge in [-0.3, -0.25) is 0 Å². The van der Waals surface area contributed by atoms with Gasteiger partial charge in [0.2, 0.25) is 10.0 Å². The minimum absolute atomic E-state index is 0.236. The SMILES string of the molecule is COc1ccc(S(=O)(=O)NCCc2csc(-c3cccc(C)c3)n2)cc1C. The van der Waals surface area contributed by atoms with E-state index in [-0.39, 0.29) is 4.90 Å². The lowest BCUT2D eigenvalue weighted by Gasteiger charge is -2.09. The molecule has 0 unspecified atom stereocenters. The monoisotopic (exact) mass is 402 g/mol. The first kappa shape index (κ1) is 19.5. The maximum atomic E-state index is 12.5. The van der Waals surface area contributed by atoms with Crippen LogP contribution in [-0.2, 0) is 16.4 Å². The van der Waals surface area contributed by atoms with Gasteiger partial charge >= 0.3 is 0 Å². The molecule has 0 saturated heterocycles. The van der Waals surface area contributed by atoms with Crippen LogP contribution < -0.4 is 9.46 Å². The number of aryl methyl sites for hydroxylation is 2. The van der Waals surface area contributed by atoms with Crippen molar-refractivity contribution in [3.63, 3.8) is 0 Å². The standard InChI is InChI=1S/C20H22N2O3S2/c1-14-5-4-6-16(11-14)20-22-17(13-26-20)9-10-21-27(23,24)18-7-8-19(25-3)15(2)12-18/h4-8,11-13,21H,9-10H2,1-3H3. The van der Waals surface area contributed by atoms with E-state index in [2.05, 4.69) is 15.8 Å². The highest BCUT2D eigenvalue weighted by Crippen LogP contribution is 2.25. The molecule has 0 aliphatic carbocycles. The third-order valence-electron chi connectivity index (χ3n) is 4.17. The zero-order valence-electron chi connectivity index (χ0n) is 15.5. The Morgan fingerprint density at radius 1 is 1.15 bits per heavy atom. The predicted octanol–water partition coefficient (Wildman–Crippen LogP) is 3.96. The summed E-state index contributed by atoms with van der Waals surface area (Å²) in [6, 6.07) is 13.0. The Bertz CT molecular complexity index is 1040. The first-order valence-electron chi connectivity index (χ1n) is 8.55. The lowest BCUT2D eigenvalue weighted by atomic mass is 10.1. The van der Waals surface area contributed by atoms with E-state index in [4.69, 9.17) is 4.74 Å². The van der Waals surface area contributed by atoms with Gasteiger partial charge in [0.25, 0.3) is 0 Å². The van der Waals surface area contributed by atoms with E-state index < -0.39 is 10.0 Å². The van der Waals surface area contributed by atoms with Crippen LogP contribution in [-0.4, -0.2) is 27.1 Å². The molecular formula is C20H22N2O3S2. The zero-order valence-corrected chi connectivity index (χ0v) is 17.2. The van der Waals surface area contributed by atoms with Crippen molar-refractivity contribution >= 4 is 21.4 Å². The molecule has 0 aliphatic rings. The van der Waals surface area contributed by atoms with Gasteiger partial charge in [0.1, 0.15) is 10.8 Å². The molecule has 7 heteroatoms. The number of aromatic nitrogens is 1. The predicted molar refractivity (Wildman–Crippen MR) is 109 cm³/mol. The van der Waals surface area contributed by atoms with Crippen LogP contribution >= 0.6 is 11.3 Å². The number of sulfonamides is 1. The lowest BCUT2D eigenvalue weighted by molar-refractivity contribution is 0.411. The molecule has 1 N–H and O–H groups in total. The summed E-state index contributed by atoms with van der Waals surface area (Å²) < 4.78 is 32.8. The molecule has 1 aromatic heterocycles. The summed E-state index contributed by atoms with van der Waals surface area (Å²) in [6.45, 7) is 4.16. The van der Waals surface area contributed by atoms with Crippen molar-refractivity contribution in [2.75, 3.05) is 13.7 Å². The van der Waals surface area contributed by atoms with E-state index >= 15 is 0 Å². The molecule has 0 saturated carbocycles. The fourth-order valence-electron chi connectivity index (χ4n) is 2.75. The van der Waals surface area contributed by atoms with Crippen LogP contribution in [0.25, 0.3) is 10.6 Å². The second kappa shape index (κ2) is 8.21. The Hall–Kier alpha value is -2.22. The number of nitrogens with zero attached hydrogens (tertiary/aromatic N) is 1. The number of methoxy groups -OCH3 is 1. The van der Waals surface area contributed by atoms with Crippen LogP contribution in [0.2, 0.25) is 0 Å². The number of thiazole rings is 1. The molecular weight excluding hydrogens is 380 g/mol. The summed E-state index contributed by atoms with van der Waals surface area (Å²) >= 11 is 1.57. The summed E-state index contributed by atoms with van der Waals surface area (Å²) in [5.41, 5.74) is 3.93. The molecule has 0 atom stereocenters. The first-order valence-corrected chi connectivity index (χ1v) is 10.9. The summed E-state index contributed by atoms with van der Waals surface area (Å²) in [5.74, 6) is 0.667. The normalized spacial score (nSPS) is 11.5. The Balaban J connectivity index is 1.63. The summed E-state index contributed by atoms with van der Waals surface area (Å²) in [5, 5.41) is 2.92. The third kappa shape index (κ3) is 4.74. The van der Waals surface area contributed by atoms with E-state index in [0.29, 0.717) is 18.7 Å². The molecule has 5 nitrogen and oxygen atoms in total. The van der Waals surface area contributed by atoms with Gasteiger partial charge in [0, 0.05) is 23.9 Å². The van der Waals surface area contributed by atoms with Gasteiger partial charge in [0.15, 0.2) is 0 Å². The summed E-state index contributed by atoms with van der Waals surface area (Å²) in [7, 11) is -2.00. The molecule has 3 aromatic rings. The van der Waals surface area contributed by atoms with Crippen molar-refractivity contribution in [1.29, 1.82) is 0 Å². The lowest BCUT2D eigenvalue weighted by Crippen LogP contribution is -2.26. The van der Waals surface area contributed by atoms with Crippen LogP contribution in [0.15, 0.2) is 52.7 Å². The fraction of sp³-hybridized carbons (Fsp3) is 0.250. The second-order valence-corrected chi connectivity index (χ2v) is 8.92. The smallest absolute Gasteiger partial charge is 0.240 e. The number of hydrogen-bond donors (Lipinski definition) is 1. The van der Waals surface area contributed by atoms with Crippen LogP contribution in [0, 0.1) is 13.8 Å². The zero-order chi connectivity index (χ0) is 19.4. The van der Waals surface area contributed by atoms with Crippen LogP contribution in [0.3, 0.4) is 0 Å². The second-order valence-electron chi connectivity index (χ2n) is 6.29. The van der Waals surface area contributed by atoms with Gasteiger partial charge in [-0.1, -0.05) is 23.8 Å². The molecule has 1 heterocycles. The summed E-state index contributed by atoms with van der Waals surface area (Å²) in [4.78, 5) is 4.85. The first-order chi connectivity index (χ1) is 12.9. The van der Waals surface area contributed by atoms with E-state index in [9.17, 15) is 8.42 Å². The highest BCUT2D eigenvalue weighted by Gasteiger charge is 2.15. The van der Waals surface area contributed by atoms with Gasteiger partial charge in [-0.2, -0.15) is 0 Å². The molecule has 0 amide bonds. The van der Waals surface area contributed by atoms with Crippen molar-refractivity contribution in [2.45, 2.75) is 25.2 Å². The van der Waals surface area contributed by atoms with Crippen molar-refractivity contribution in [3.8, 4) is 16.3 Å². The molecule has 27 heavy (non-hydrogen) atoms. The van der Waals surface area contributed by atoms with E-state index in [1.54, 1.807) is 36.6 Å². The molecule has 142 valence electrons. The number of ether oxygens (including phenoxy) is 1. The maximum absolute atomic E-state index is 12.5. The minimum Gasteiger partial charge on any atom is -0.496 e. The van der Waals surface area contributed by atoms with Gasteiger partial charge < -0.3 is 4.74 Å². The van der Waals surface area contributed by atoms with E-state index in [0.717, 1.165) is 21.8 Å². The molecule has 0 fully saturated rings. The Morgan fingerprint density at radius 2 is 1.96 bits per heavy atom. The highest BCUT2D eigenvalue weighted by molar-refractivity contribution is 7.89. The Kier molecular flexibility index (Phi) is 5.94. The molecule has 0 spiro atoms. The molecule has 0 bridgehead atoms. The average Bonchev–Trinajstić information content (AvgIpc) is 3.10. The number of rotatable bonds is 7. The third-order valence-corrected chi connectivity index (χ3v) is 6.57. The van der Waals surface area contributed by atoms with Crippen molar-refractivity contribution in [2.24, 2.45) is 0 Å². The highest BCUT2D eigenvalue weighted by atomic mass is 32.2. The van der Waals surface area contributed by atoms with E-state index in [1.807, 2.05) is 37.4 Å². The molecule has 2 aromatic carbocycles. The van der Waals surface area contributed by atoms with Crippen LogP contribution in [0.5, 0.6) is 5.75 Å². The summed E-state index contributed by atoms with van der Waals surface area (Å²) in [6.07, 6.45) is 0.538. The minimum atomic E-state index is -3.56. The molecule has 0 aliphatic heterocycles. The van der Waals surface area contributed by atoms with Crippen LogP contribution in [0.4, 0.5) is 0 Å². The van der Waals surface area contributed by atoms with Crippen molar-refractivity contribution in [3.05, 3.63) is 64.7 Å². The average molecular weight is 403 g/mol. The largest absolute Gasteiger partial charge is 0.496 e. The van der Waals surface area contributed by atoms with Gasteiger partial charge in [0.05, 0.1) is 17.7 Å². The van der Waals surface area contributed by atoms with Crippen molar-refractivity contribution in [1.82, 2.24) is 9.71 Å². The Labute approximate surface area is 164 Å². The quantitative estimate of drug-likeness (QED) is 0.650.